The SMILES string of the molecule is C/C=C/C(O)C[C@@H]1COC(C)(C)O1. The van der Waals surface area contributed by atoms with Crippen molar-refractivity contribution >= 4 is 0 Å². The van der Waals surface area contributed by atoms with Gasteiger partial charge in [0.15, 0.2) is 5.79 Å². The number of allylic oxidation sites excluding steroid dienone is 1. The molecule has 0 aromatic carbocycles. The maximum absolute atomic E-state index is 9.46. The van der Waals surface area contributed by atoms with Crippen LogP contribution in [0.2, 0.25) is 0 Å². The molecule has 1 heterocycles. The molecule has 1 rings (SSSR count). The Hall–Kier alpha value is -0.380. The van der Waals surface area contributed by atoms with E-state index in [1.54, 1.807) is 6.08 Å². The second kappa shape index (κ2) is 4.22. The fourth-order valence-corrected chi connectivity index (χ4v) is 1.45. The lowest BCUT2D eigenvalue weighted by Gasteiger charge is -2.17. The van der Waals surface area contributed by atoms with Gasteiger partial charge in [-0.25, -0.2) is 0 Å². The van der Waals surface area contributed by atoms with Crippen LogP contribution in [0.4, 0.5) is 0 Å². The number of rotatable bonds is 3. The lowest BCUT2D eigenvalue weighted by atomic mass is 10.1. The summed E-state index contributed by atoms with van der Waals surface area (Å²) in [6.45, 7) is 6.23. The lowest BCUT2D eigenvalue weighted by Crippen LogP contribution is -2.23. The molecule has 3 nitrogen and oxygen atoms in total. The molecular weight excluding hydrogens is 168 g/mol. The van der Waals surface area contributed by atoms with E-state index in [0.717, 1.165) is 0 Å². The van der Waals surface area contributed by atoms with Crippen LogP contribution in [0.3, 0.4) is 0 Å². The van der Waals surface area contributed by atoms with Crippen molar-refractivity contribution in [2.75, 3.05) is 6.61 Å². The van der Waals surface area contributed by atoms with Gasteiger partial charge in [-0.05, 0) is 20.8 Å². The highest BCUT2D eigenvalue weighted by molar-refractivity contribution is 4.88. The maximum atomic E-state index is 9.46. The third-order valence-electron chi connectivity index (χ3n) is 1.99. The highest BCUT2D eigenvalue weighted by Crippen LogP contribution is 2.24. The van der Waals surface area contributed by atoms with Crippen LogP contribution in [0.5, 0.6) is 0 Å². The third kappa shape index (κ3) is 3.46. The van der Waals surface area contributed by atoms with E-state index >= 15 is 0 Å². The first-order valence-electron chi connectivity index (χ1n) is 4.66. The van der Waals surface area contributed by atoms with Gasteiger partial charge < -0.3 is 14.6 Å². The minimum Gasteiger partial charge on any atom is -0.389 e. The van der Waals surface area contributed by atoms with Crippen LogP contribution >= 0.6 is 0 Å². The molecule has 0 aromatic rings. The van der Waals surface area contributed by atoms with Gasteiger partial charge in [0.25, 0.3) is 0 Å². The van der Waals surface area contributed by atoms with Gasteiger partial charge >= 0.3 is 0 Å². The quantitative estimate of drug-likeness (QED) is 0.678. The summed E-state index contributed by atoms with van der Waals surface area (Å²) in [7, 11) is 0. The molecule has 3 heteroatoms. The molecule has 2 atom stereocenters. The molecule has 1 saturated heterocycles. The van der Waals surface area contributed by atoms with E-state index in [-0.39, 0.29) is 6.10 Å². The van der Waals surface area contributed by atoms with Crippen LogP contribution in [0, 0.1) is 0 Å². The molecule has 0 radical (unpaired) electrons. The van der Waals surface area contributed by atoms with Gasteiger partial charge in [-0.1, -0.05) is 12.2 Å². The van der Waals surface area contributed by atoms with Crippen LogP contribution in [0.15, 0.2) is 12.2 Å². The lowest BCUT2D eigenvalue weighted by molar-refractivity contribution is -0.140. The number of ether oxygens (including phenoxy) is 2. The van der Waals surface area contributed by atoms with E-state index in [0.29, 0.717) is 13.0 Å². The van der Waals surface area contributed by atoms with Crippen LogP contribution in [-0.2, 0) is 9.47 Å². The summed E-state index contributed by atoms with van der Waals surface area (Å²) in [5, 5.41) is 9.46. The molecule has 1 fully saturated rings. The first kappa shape index (κ1) is 10.7. The van der Waals surface area contributed by atoms with Crippen molar-refractivity contribution in [1.29, 1.82) is 0 Å². The predicted octanol–water partition coefficient (Wildman–Crippen LogP) is 1.46. The second-order valence-electron chi connectivity index (χ2n) is 3.78. The Balaban J connectivity index is 2.32. The molecule has 76 valence electrons. The van der Waals surface area contributed by atoms with Gasteiger partial charge in [0.1, 0.15) is 0 Å². The van der Waals surface area contributed by atoms with Crippen LogP contribution in [0.25, 0.3) is 0 Å². The monoisotopic (exact) mass is 186 g/mol. The smallest absolute Gasteiger partial charge is 0.163 e. The summed E-state index contributed by atoms with van der Waals surface area (Å²) in [5.41, 5.74) is 0. The first-order valence-corrected chi connectivity index (χ1v) is 4.66. The zero-order valence-corrected chi connectivity index (χ0v) is 8.49. The zero-order chi connectivity index (χ0) is 9.90. The van der Waals surface area contributed by atoms with Crippen LogP contribution < -0.4 is 0 Å². The fourth-order valence-electron chi connectivity index (χ4n) is 1.45. The van der Waals surface area contributed by atoms with E-state index < -0.39 is 11.9 Å². The summed E-state index contributed by atoms with van der Waals surface area (Å²) in [6, 6.07) is 0. The van der Waals surface area contributed by atoms with E-state index in [4.69, 9.17) is 9.47 Å². The largest absolute Gasteiger partial charge is 0.389 e. The molecule has 1 aliphatic heterocycles. The summed E-state index contributed by atoms with van der Waals surface area (Å²) in [4.78, 5) is 0. The highest BCUT2D eigenvalue weighted by atomic mass is 16.7. The molecule has 13 heavy (non-hydrogen) atoms. The van der Waals surface area contributed by atoms with Crippen molar-refractivity contribution < 1.29 is 14.6 Å². The number of aliphatic hydroxyl groups excluding tert-OH is 1. The van der Waals surface area contributed by atoms with Crippen LogP contribution in [-0.4, -0.2) is 29.7 Å². The maximum Gasteiger partial charge on any atom is 0.163 e. The molecule has 1 N–H and O–H groups in total. The first-order chi connectivity index (χ1) is 6.03. The minimum atomic E-state index is -0.486. The molecule has 1 aliphatic rings. The topological polar surface area (TPSA) is 38.7 Å². The van der Waals surface area contributed by atoms with Gasteiger partial charge in [0.2, 0.25) is 0 Å². The summed E-state index contributed by atoms with van der Waals surface area (Å²) in [6.07, 6.45) is 3.79. The fraction of sp³-hybridized carbons (Fsp3) is 0.800. The van der Waals surface area contributed by atoms with Crippen molar-refractivity contribution in [3.8, 4) is 0 Å². The second-order valence-corrected chi connectivity index (χ2v) is 3.78. The summed E-state index contributed by atoms with van der Waals surface area (Å²) >= 11 is 0. The number of aliphatic hydroxyl groups is 1. The summed E-state index contributed by atoms with van der Waals surface area (Å²) in [5.74, 6) is -0.486. The van der Waals surface area contributed by atoms with Crippen molar-refractivity contribution in [2.24, 2.45) is 0 Å². The van der Waals surface area contributed by atoms with Crippen molar-refractivity contribution in [2.45, 2.75) is 45.2 Å². The molecule has 0 amide bonds. The molecule has 0 spiro atoms. The Kier molecular flexibility index (Phi) is 3.47. The number of hydrogen-bond acceptors (Lipinski definition) is 3. The van der Waals surface area contributed by atoms with Gasteiger partial charge in [-0.2, -0.15) is 0 Å². The minimum absolute atomic E-state index is 0.0150. The van der Waals surface area contributed by atoms with Crippen molar-refractivity contribution in [3.63, 3.8) is 0 Å². The Morgan fingerprint density at radius 2 is 2.31 bits per heavy atom. The van der Waals surface area contributed by atoms with Crippen molar-refractivity contribution in [1.82, 2.24) is 0 Å². The normalized spacial score (nSPS) is 29.7. The Morgan fingerprint density at radius 3 is 2.77 bits per heavy atom. The highest BCUT2D eigenvalue weighted by Gasteiger charge is 2.33. The standard InChI is InChI=1S/C10H18O3/c1-4-5-8(11)6-9-7-12-10(2,3)13-9/h4-5,8-9,11H,6-7H2,1-3H3/b5-4+/t8?,9-/m1/s1. The third-order valence-corrected chi connectivity index (χ3v) is 1.99. The van der Waals surface area contributed by atoms with E-state index in [9.17, 15) is 5.11 Å². The van der Waals surface area contributed by atoms with Crippen molar-refractivity contribution in [3.05, 3.63) is 12.2 Å². The molecule has 0 aliphatic carbocycles. The molecular formula is C10H18O3. The van der Waals surface area contributed by atoms with Crippen LogP contribution in [0.1, 0.15) is 27.2 Å². The zero-order valence-electron chi connectivity index (χ0n) is 8.49. The Morgan fingerprint density at radius 1 is 1.62 bits per heavy atom. The Labute approximate surface area is 79.3 Å². The average Bonchev–Trinajstić information content (AvgIpc) is 2.30. The van der Waals surface area contributed by atoms with Gasteiger partial charge in [0, 0.05) is 6.42 Å². The predicted molar refractivity (Wildman–Crippen MR) is 50.3 cm³/mol. The Bertz CT molecular complexity index is 187. The molecule has 0 saturated carbocycles. The average molecular weight is 186 g/mol. The summed E-state index contributed by atoms with van der Waals surface area (Å²) < 4.78 is 10.9. The molecule has 0 aromatic heterocycles. The number of hydrogen-bond donors (Lipinski definition) is 1. The van der Waals surface area contributed by atoms with E-state index in [1.165, 1.54) is 0 Å². The van der Waals surface area contributed by atoms with Gasteiger partial charge in [-0.3, -0.25) is 0 Å². The van der Waals surface area contributed by atoms with Gasteiger partial charge in [0.05, 0.1) is 18.8 Å². The van der Waals surface area contributed by atoms with Gasteiger partial charge in [-0.15, -0.1) is 0 Å². The van der Waals surface area contributed by atoms with E-state index in [1.807, 2.05) is 26.8 Å². The molecule has 0 bridgehead atoms. The molecule has 1 unspecified atom stereocenters. The van der Waals surface area contributed by atoms with E-state index in [2.05, 4.69) is 0 Å².